The summed E-state index contributed by atoms with van der Waals surface area (Å²) in [5.74, 6) is 0. The Balaban J connectivity index is 2.17. The van der Waals surface area contributed by atoms with Gasteiger partial charge in [0.25, 0.3) is 0 Å². The molecule has 0 fully saturated rings. The van der Waals surface area contributed by atoms with Crippen LogP contribution in [0.3, 0.4) is 0 Å². The smallest absolute Gasteiger partial charge is 0.351 e. The second-order valence-electron chi connectivity index (χ2n) is 6.76. The number of amides is 2. The molecule has 3 aromatic rings. The van der Waals surface area contributed by atoms with E-state index in [4.69, 9.17) is 10.9 Å². The van der Waals surface area contributed by atoms with Crippen molar-refractivity contribution in [3.8, 4) is 16.9 Å². The Morgan fingerprint density at radius 2 is 1.71 bits per heavy atom. The van der Waals surface area contributed by atoms with Crippen LogP contribution in [-0.4, -0.2) is 31.3 Å². The number of primary sulfonamides is 1. The number of hydrogen-bond acceptors (Lipinski definition) is 4. The van der Waals surface area contributed by atoms with E-state index in [1.54, 1.807) is 25.1 Å². The van der Waals surface area contributed by atoms with Crippen LogP contribution >= 0.6 is 0 Å². The van der Waals surface area contributed by atoms with Crippen LogP contribution in [0.15, 0.2) is 53.4 Å². The van der Waals surface area contributed by atoms with Crippen molar-refractivity contribution in [2.24, 2.45) is 10.9 Å². The molecule has 0 saturated heterocycles. The number of primary amides is 1. The van der Waals surface area contributed by atoms with Crippen molar-refractivity contribution in [1.82, 2.24) is 9.78 Å². The van der Waals surface area contributed by atoms with E-state index in [1.807, 2.05) is 0 Å². The van der Waals surface area contributed by atoms with E-state index in [-0.39, 0.29) is 16.3 Å². The lowest BCUT2D eigenvalue weighted by atomic mass is 10.0. The van der Waals surface area contributed by atoms with Crippen molar-refractivity contribution < 1.29 is 26.4 Å². The van der Waals surface area contributed by atoms with E-state index < -0.39 is 27.9 Å². The average Bonchev–Trinajstić information content (AvgIpc) is 3.12. The molecule has 0 radical (unpaired) electrons. The van der Waals surface area contributed by atoms with Gasteiger partial charge in [0, 0.05) is 18.3 Å². The third-order valence-electron chi connectivity index (χ3n) is 4.61. The summed E-state index contributed by atoms with van der Waals surface area (Å²) in [6.07, 6.45) is -4.69. The van der Waals surface area contributed by atoms with Crippen LogP contribution in [0.2, 0.25) is 0 Å². The number of aromatic nitrogens is 2. The van der Waals surface area contributed by atoms with Crippen LogP contribution in [0.25, 0.3) is 16.9 Å². The lowest BCUT2D eigenvalue weighted by Crippen LogP contribution is -2.31. The Labute approximate surface area is 175 Å². The average molecular weight is 453 g/mol. The fourth-order valence-corrected chi connectivity index (χ4v) is 3.47. The summed E-state index contributed by atoms with van der Waals surface area (Å²) in [6.45, 7) is 1.67. The number of carbonyl (C=O) groups excluding carboxylic acids is 1. The van der Waals surface area contributed by atoms with Gasteiger partial charge >= 0.3 is 12.2 Å². The third-order valence-corrected chi connectivity index (χ3v) is 5.54. The maximum absolute atomic E-state index is 13.4. The number of nitrogens with zero attached hydrogens (tertiary/aromatic N) is 3. The van der Waals surface area contributed by atoms with Crippen molar-refractivity contribution in [1.29, 1.82) is 0 Å². The number of rotatable bonds is 4. The van der Waals surface area contributed by atoms with E-state index in [0.717, 1.165) is 10.7 Å². The number of anilines is 1. The number of urea groups is 1. The highest BCUT2D eigenvalue weighted by atomic mass is 32.2. The first-order valence-electron chi connectivity index (χ1n) is 8.73. The summed E-state index contributed by atoms with van der Waals surface area (Å²) >= 11 is 0. The molecule has 0 spiro atoms. The van der Waals surface area contributed by atoms with Gasteiger partial charge < -0.3 is 5.73 Å². The lowest BCUT2D eigenvalue weighted by Gasteiger charge is -2.17. The molecule has 2 aromatic carbocycles. The first-order valence-corrected chi connectivity index (χ1v) is 10.3. The minimum absolute atomic E-state index is 0.126. The van der Waals surface area contributed by atoms with E-state index in [1.165, 1.54) is 36.2 Å². The summed E-state index contributed by atoms with van der Waals surface area (Å²) in [7, 11) is -2.49. The number of carbonyl (C=O) groups is 1. The summed E-state index contributed by atoms with van der Waals surface area (Å²) in [6, 6.07) is 9.89. The number of halogens is 3. The molecule has 0 unspecified atom stereocenters. The first kappa shape index (κ1) is 22.3. The lowest BCUT2D eigenvalue weighted by molar-refractivity contribution is -0.141. The Bertz CT molecular complexity index is 1250. The van der Waals surface area contributed by atoms with Crippen LogP contribution in [0.5, 0.6) is 0 Å². The van der Waals surface area contributed by atoms with Crippen molar-refractivity contribution in [2.45, 2.75) is 18.0 Å². The fraction of sp³-hybridized carbons (Fsp3) is 0.158. The minimum atomic E-state index is -4.69. The number of alkyl halides is 3. The molecule has 164 valence electrons. The van der Waals surface area contributed by atoms with Gasteiger partial charge in [-0.3, -0.25) is 4.90 Å². The molecule has 12 heteroatoms. The van der Waals surface area contributed by atoms with Crippen LogP contribution in [-0.2, 0) is 16.2 Å². The molecular weight excluding hydrogens is 435 g/mol. The highest BCUT2D eigenvalue weighted by Gasteiger charge is 2.35. The van der Waals surface area contributed by atoms with Crippen LogP contribution < -0.4 is 15.8 Å². The Morgan fingerprint density at radius 1 is 1.10 bits per heavy atom. The van der Waals surface area contributed by atoms with E-state index in [2.05, 4.69) is 5.10 Å². The van der Waals surface area contributed by atoms with Crippen molar-refractivity contribution in [3.05, 3.63) is 59.8 Å². The zero-order valence-electron chi connectivity index (χ0n) is 16.4. The second-order valence-corrected chi connectivity index (χ2v) is 8.32. The molecule has 8 nitrogen and oxygen atoms in total. The van der Waals surface area contributed by atoms with Gasteiger partial charge in [-0.05, 0) is 55.0 Å². The first-order chi connectivity index (χ1) is 14.3. The zero-order valence-corrected chi connectivity index (χ0v) is 17.2. The largest absolute Gasteiger partial charge is 0.435 e. The molecule has 0 aliphatic rings. The van der Waals surface area contributed by atoms with Crippen LogP contribution in [0, 0.1) is 6.92 Å². The van der Waals surface area contributed by atoms with Gasteiger partial charge in [-0.15, -0.1) is 0 Å². The van der Waals surface area contributed by atoms with Gasteiger partial charge in [0.1, 0.15) is 0 Å². The second kappa shape index (κ2) is 7.71. The Kier molecular flexibility index (Phi) is 5.54. The van der Waals surface area contributed by atoms with Gasteiger partial charge in [0.05, 0.1) is 16.3 Å². The molecule has 1 aromatic heterocycles. The summed E-state index contributed by atoms with van der Waals surface area (Å²) in [4.78, 5) is 12.4. The van der Waals surface area contributed by atoms with Gasteiger partial charge in [0.2, 0.25) is 10.0 Å². The predicted octanol–water partition coefficient (Wildman–Crippen LogP) is 3.03. The fourth-order valence-electron chi connectivity index (χ4n) is 2.96. The quantitative estimate of drug-likeness (QED) is 0.630. The van der Waals surface area contributed by atoms with Crippen LogP contribution in [0.4, 0.5) is 23.7 Å². The van der Waals surface area contributed by atoms with Crippen molar-refractivity contribution >= 4 is 21.7 Å². The van der Waals surface area contributed by atoms with Crippen molar-refractivity contribution in [3.63, 3.8) is 0 Å². The third kappa shape index (κ3) is 4.54. The van der Waals surface area contributed by atoms with Crippen LogP contribution in [0.1, 0.15) is 11.3 Å². The number of nitrogens with two attached hydrogens (primary N) is 2. The molecule has 3 rings (SSSR count). The molecule has 1 heterocycles. The Morgan fingerprint density at radius 3 is 2.19 bits per heavy atom. The normalized spacial score (nSPS) is 12.1. The van der Waals surface area contributed by atoms with Crippen molar-refractivity contribution in [2.75, 3.05) is 11.9 Å². The molecular formula is C19H18F3N5O3S. The SMILES string of the molecule is Cc1cc(N(C)C(N)=O)ccc1-c1cc(C(F)(F)F)nn1-c1ccc(S(N)(=O)=O)cc1. The van der Waals surface area contributed by atoms with Gasteiger partial charge in [-0.25, -0.2) is 23.0 Å². The van der Waals surface area contributed by atoms with Gasteiger partial charge in [0.15, 0.2) is 5.69 Å². The highest BCUT2D eigenvalue weighted by molar-refractivity contribution is 7.89. The van der Waals surface area contributed by atoms with E-state index in [0.29, 0.717) is 16.8 Å². The predicted molar refractivity (Wildman–Crippen MR) is 108 cm³/mol. The zero-order chi connectivity index (χ0) is 23.1. The molecule has 0 saturated carbocycles. The standard InChI is InChI=1S/C19H18F3N5O3S/c1-11-9-13(26(2)18(23)28)5-8-15(11)16-10-17(19(20,21)22)25-27(16)12-3-6-14(7-4-12)31(24,29)30/h3-10H,1-2H3,(H2,23,28)(H2,24,29,30). The molecule has 0 aliphatic carbocycles. The highest BCUT2D eigenvalue weighted by Crippen LogP contribution is 2.35. The monoisotopic (exact) mass is 453 g/mol. The van der Waals surface area contributed by atoms with E-state index >= 15 is 0 Å². The maximum atomic E-state index is 13.4. The molecule has 0 aliphatic heterocycles. The van der Waals surface area contributed by atoms with Gasteiger partial charge in [-0.1, -0.05) is 6.07 Å². The Hall–Kier alpha value is -3.38. The number of hydrogen-bond donors (Lipinski definition) is 2. The van der Waals surface area contributed by atoms with Gasteiger partial charge in [-0.2, -0.15) is 18.3 Å². The number of benzene rings is 2. The molecule has 0 atom stereocenters. The molecule has 4 N–H and O–H groups in total. The van der Waals surface area contributed by atoms with E-state index in [9.17, 15) is 26.4 Å². The summed E-state index contributed by atoms with van der Waals surface area (Å²) in [5, 5.41) is 8.74. The maximum Gasteiger partial charge on any atom is 0.435 e. The number of sulfonamides is 1. The molecule has 31 heavy (non-hydrogen) atoms. The summed E-state index contributed by atoms with van der Waals surface area (Å²) in [5.41, 5.74) is 5.94. The topological polar surface area (TPSA) is 124 Å². The summed E-state index contributed by atoms with van der Waals surface area (Å²) < 4.78 is 64.1. The minimum Gasteiger partial charge on any atom is -0.351 e. The molecule has 0 bridgehead atoms. The molecule has 2 amide bonds. The number of aryl methyl sites for hydroxylation is 1.